The molecule has 0 aromatic heterocycles. The third-order valence-corrected chi connectivity index (χ3v) is 5.22. The first-order valence-electron chi connectivity index (χ1n) is 7.39. The van der Waals surface area contributed by atoms with E-state index in [1.54, 1.807) is 0 Å². The molecule has 7 nitrogen and oxygen atoms in total. The molecule has 2 rings (SSSR count). The molecule has 0 bridgehead atoms. The van der Waals surface area contributed by atoms with Gasteiger partial charge in [-0.05, 0) is 25.9 Å². The second kappa shape index (κ2) is 7.82. The molecule has 0 spiro atoms. The van der Waals surface area contributed by atoms with Gasteiger partial charge in [0.1, 0.15) is 6.04 Å². The lowest BCUT2D eigenvalue weighted by Crippen LogP contribution is -2.52. The summed E-state index contributed by atoms with van der Waals surface area (Å²) in [6.45, 7) is 1.97. The van der Waals surface area contributed by atoms with E-state index in [-0.39, 0.29) is 12.5 Å². The summed E-state index contributed by atoms with van der Waals surface area (Å²) in [4.78, 5) is 39.8. The Kier molecular flexibility index (Phi) is 6.07. The Morgan fingerprint density at radius 3 is 2.27 bits per heavy atom. The molecule has 2 saturated heterocycles. The van der Waals surface area contributed by atoms with Crippen LogP contribution in [0.25, 0.3) is 0 Å². The predicted octanol–water partition coefficient (Wildman–Crippen LogP) is 0.0884. The average Bonchev–Trinajstić information content (AvgIpc) is 2.99. The molecule has 1 amide bonds. The molecule has 0 radical (unpaired) electrons. The van der Waals surface area contributed by atoms with Crippen molar-refractivity contribution in [3.8, 4) is 0 Å². The van der Waals surface area contributed by atoms with Crippen molar-refractivity contribution >= 4 is 29.6 Å². The van der Waals surface area contributed by atoms with Crippen LogP contribution in [-0.4, -0.2) is 78.7 Å². The largest absolute Gasteiger partial charge is 0.467 e. The first kappa shape index (κ1) is 17.1. The topological polar surface area (TPSA) is 76.2 Å². The fourth-order valence-electron chi connectivity index (χ4n) is 2.80. The number of carbonyl (C=O) groups excluding carboxylic acids is 3. The number of nitrogens with zero attached hydrogens (tertiary/aromatic N) is 2. The Morgan fingerprint density at radius 2 is 1.68 bits per heavy atom. The number of piperidine rings is 1. The number of esters is 2. The summed E-state index contributed by atoms with van der Waals surface area (Å²) >= 11 is 1.24. The van der Waals surface area contributed by atoms with Crippen molar-refractivity contribution in [1.29, 1.82) is 0 Å². The van der Waals surface area contributed by atoms with Crippen molar-refractivity contribution in [2.75, 3.05) is 39.6 Å². The molecule has 0 aliphatic carbocycles. The summed E-state index contributed by atoms with van der Waals surface area (Å²) in [7, 11) is 2.56. The molecule has 2 heterocycles. The van der Waals surface area contributed by atoms with Gasteiger partial charge in [-0.2, -0.15) is 0 Å². The lowest BCUT2D eigenvalue weighted by Gasteiger charge is -2.31. The highest BCUT2D eigenvalue weighted by Gasteiger charge is 2.46. The normalized spacial score (nSPS) is 25.8. The van der Waals surface area contributed by atoms with Crippen molar-refractivity contribution in [3.05, 3.63) is 0 Å². The monoisotopic (exact) mass is 330 g/mol. The van der Waals surface area contributed by atoms with Gasteiger partial charge in [-0.15, -0.1) is 11.8 Å². The van der Waals surface area contributed by atoms with Crippen LogP contribution in [0, 0.1) is 0 Å². The quantitative estimate of drug-likeness (QED) is 0.676. The number of hydrogen-bond acceptors (Lipinski definition) is 7. The van der Waals surface area contributed by atoms with Crippen LogP contribution in [0.3, 0.4) is 0 Å². The van der Waals surface area contributed by atoms with Gasteiger partial charge in [0.2, 0.25) is 5.91 Å². The molecule has 2 fully saturated rings. The summed E-state index contributed by atoms with van der Waals surface area (Å²) in [6.07, 6.45) is 3.33. The highest BCUT2D eigenvalue weighted by molar-refractivity contribution is 8.00. The van der Waals surface area contributed by atoms with E-state index < -0.39 is 23.4 Å². The number of rotatable bonds is 4. The van der Waals surface area contributed by atoms with Crippen molar-refractivity contribution < 1.29 is 23.9 Å². The summed E-state index contributed by atoms with van der Waals surface area (Å²) in [5, 5.41) is -0.772. The van der Waals surface area contributed by atoms with Crippen LogP contribution in [-0.2, 0) is 23.9 Å². The minimum atomic E-state index is -0.772. The summed E-state index contributed by atoms with van der Waals surface area (Å²) in [6, 6.07) is -0.726. The third kappa shape index (κ3) is 3.73. The van der Waals surface area contributed by atoms with E-state index in [1.807, 2.05) is 0 Å². The van der Waals surface area contributed by atoms with Crippen molar-refractivity contribution in [1.82, 2.24) is 9.80 Å². The molecule has 0 unspecified atom stereocenters. The minimum absolute atomic E-state index is 0.224. The van der Waals surface area contributed by atoms with E-state index in [4.69, 9.17) is 9.47 Å². The molecule has 0 aromatic rings. The maximum absolute atomic E-state index is 12.6. The van der Waals surface area contributed by atoms with Gasteiger partial charge in [0.25, 0.3) is 0 Å². The van der Waals surface area contributed by atoms with Gasteiger partial charge < -0.3 is 14.4 Å². The molecule has 22 heavy (non-hydrogen) atoms. The lowest BCUT2D eigenvalue weighted by atomic mass is 10.1. The Labute approximate surface area is 134 Å². The van der Waals surface area contributed by atoms with Crippen LogP contribution < -0.4 is 0 Å². The maximum Gasteiger partial charge on any atom is 0.339 e. The zero-order chi connectivity index (χ0) is 16.1. The number of thioether (sulfide) groups is 1. The fourth-order valence-corrected chi connectivity index (χ4v) is 4.12. The number of ether oxygens (including phenoxy) is 2. The van der Waals surface area contributed by atoms with Crippen LogP contribution in [0.2, 0.25) is 0 Å². The second-order valence-corrected chi connectivity index (χ2v) is 6.50. The van der Waals surface area contributed by atoms with Crippen molar-refractivity contribution in [2.24, 2.45) is 0 Å². The van der Waals surface area contributed by atoms with Gasteiger partial charge in [-0.25, -0.2) is 9.59 Å². The number of amides is 1. The van der Waals surface area contributed by atoms with Gasteiger partial charge in [0.15, 0.2) is 5.37 Å². The number of methoxy groups -OCH3 is 2. The summed E-state index contributed by atoms with van der Waals surface area (Å²) < 4.78 is 9.50. The Hall–Kier alpha value is -1.28. The van der Waals surface area contributed by atoms with E-state index >= 15 is 0 Å². The molecular formula is C14H22N2O5S. The van der Waals surface area contributed by atoms with Gasteiger partial charge >= 0.3 is 11.9 Å². The van der Waals surface area contributed by atoms with E-state index in [0.29, 0.717) is 5.75 Å². The molecule has 124 valence electrons. The van der Waals surface area contributed by atoms with Crippen LogP contribution in [0.1, 0.15) is 19.3 Å². The number of carbonyl (C=O) groups is 3. The first-order chi connectivity index (χ1) is 10.6. The van der Waals surface area contributed by atoms with Gasteiger partial charge in [0, 0.05) is 5.75 Å². The molecule has 0 saturated carbocycles. The van der Waals surface area contributed by atoms with Crippen LogP contribution in [0.5, 0.6) is 0 Å². The molecule has 2 aliphatic heterocycles. The van der Waals surface area contributed by atoms with E-state index in [0.717, 1.165) is 25.9 Å². The SMILES string of the molecule is COC(=O)[C@H]1CS[C@@H](C(=O)OC)N1C(=O)CN1CCCCC1. The van der Waals surface area contributed by atoms with Gasteiger partial charge in [-0.3, -0.25) is 9.69 Å². The van der Waals surface area contributed by atoms with Crippen molar-refractivity contribution in [3.63, 3.8) is 0 Å². The standard InChI is InChI=1S/C14H22N2O5S/c1-20-13(18)10-9-22-12(14(19)21-2)16(10)11(17)8-15-6-4-3-5-7-15/h10,12H,3-9H2,1-2H3/t10-,12+/m1/s1. The predicted molar refractivity (Wildman–Crippen MR) is 81.2 cm³/mol. The summed E-state index contributed by atoms with van der Waals surface area (Å²) in [5.41, 5.74) is 0. The van der Waals surface area contributed by atoms with Gasteiger partial charge in [0.05, 0.1) is 20.8 Å². The smallest absolute Gasteiger partial charge is 0.339 e. The van der Waals surface area contributed by atoms with Crippen molar-refractivity contribution in [2.45, 2.75) is 30.7 Å². The Bertz CT molecular complexity index is 415. The highest BCUT2D eigenvalue weighted by atomic mass is 32.2. The Balaban J connectivity index is 2.10. The van der Waals surface area contributed by atoms with Crippen LogP contribution in [0.4, 0.5) is 0 Å². The molecule has 2 atom stereocenters. The average molecular weight is 330 g/mol. The maximum atomic E-state index is 12.6. The zero-order valence-corrected chi connectivity index (χ0v) is 13.8. The van der Waals surface area contributed by atoms with E-state index in [2.05, 4.69) is 4.90 Å². The van der Waals surface area contributed by atoms with E-state index in [1.165, 1.54) is 37.3 Å². The van der Waals surface area contributed by atoms with Gasteiger partial charge in [-0.1, -0.05) is 6.42 Å². The molecule has 8 heteroatoms. The molecule has 2 aliphatic rings. The summed E-state index contributed by atoms with van der Waals surface area (Å²) in [5.74, 6) is -0.884. The minimum Gasteiger partial charge on any atom is -0.467 e. The third-order valence-electron chi connectivity index (χ3n) is 3.97. The second-order valence-electron chi connectivity index (χ2n) is 5.39. The Morgan fingerprint density at radius 1 is 1.05 bits per heavy atom. The zero-order valence-electron chi connectivity index (χ0n) is 12.9. The first-order valence-corrected chi connectivity index (χ1v) is 8.44. The van der Waals surface area contributed by atoms with E-state index in [9.17, 15) is 14.4 Å². The van der Waals surface area contributed by atoms with Crippen LogP contribution >= 0.6 is 11.8 Å². The molecular weight excluding hydrogens is 308 g/mol. The number of likely N-dealkylation sites (tertiary alicyclic amines) is 1. The van der Waals surface area contributed by atoms with Crippen LogP contribution in [0.15, 0.2) is 0 Å². The fraction of sp³-hybridized carbons (Fsp3) is 0.786. The number of hydrogen-bond donors (Lipinski definition) is 0. The lowest BCUT2D eigenvalue weighted by molar-refractivity contribution is -0.157. The molecule has 0 aromatic carbocycles. The molecule has 0 N–H and O–H groups in total. The highest BCUT2D eigenvalue weighted by Crippen LogP contribution is 2.31.